The molecule has 0 saturated heterocycles. The second-order valence-corrected chi connectivity index (χ2v) is 5.01. The molecule has 0 atom stereocenters. The predicted molar refractivity (Wildman–Crippen MR) is 73.3 cm³/mol. The van der Waals surface area contributed by atoms with Gasteiger partial charge in [0, 0.05) is 6.07 Å². The lowest BCUT2D eigenvalue weighted by Crippen LogP contribution is -2.06. The maximum Gasteiger partial charge on any atom is 0.186 e. The van der Waals surface area contributed by atoms with Gasteiger partial charge in [0.2, 0.25) is 0 Å². The maximum atomic E-state index is 13.9. The summed E-state index contributed by atoms with van der Waals surface area (Å²) < 4.78 is 55.3. The van der Waals surface area contributed by atoms with Gasteiger partial charge in [0.1, 0.15) is 5.69 Å². The van der Waals surface area contributed by atoms with Gasteiger partial charge in [0.25, 0.3) is 0 Å². The smallest absolute Gasteiger partial charge is 0.186 e. The summed E-state index contributed by atoms with van der Waals surface area (Å²) in [5.74, 6) is -6.10. The molecule has 0 aliphatic heterocycles. The molecular weight excluding hydrogens is 328 g/mol. The molecule has 1 heterocycles. The number of halogens is 5. The third-order valence-corrected chi connectivity index (χ3v) is 3.58. The van der Waals surface area contributed by atoms with Crippen LogP contribution in [0.2, 0.25) is 5.02 Å². The molecule has 8 heteroatoms. The minimum atomic E-state index is -1.54. The van der Waals surface area contributed by atoms with Crippen molar-refractivity contribution in [2.45, 2.75) is 0 Å². The third-order valence-electron chi connectivity index (χ3n) is 2.98. The van der Waals surface area contributed by atoms with Crippen LogP contribution in [0, 0.1) is 28.0 Å². The van der Waals surface area contributed by atoms with E-state index in [-0.39, 0.29) is 21.4 Å². The summed E-state index contributed by atoms with van der Waals surface area (Å²) in [6, 6.07) is 4.67. The quantitative estimate of drug-likeness (QED) is 0.382. The Kier molecular flexibility index (Phi) is 3.26. The van der Waals surface area contributed by atoms with E-state index in [0.717, 1.165) is 4.57 Å². The highest BCUT2D eigenvalue weighted by atomic mass is 35.5. The van der Waals surface area contributed by atoms with Crippen LogP contribution in [0.1, 0.15) is 0 Å². The number of hydrogen-bond acceptors (Lipinski definition) is 1. The number of nitrogens with one attached hydrogen (secondary N) is 1. The summed E-state index contributed by atoms with van der Waals surface area (Å²) in [5.41, 5.74) is -0.408. The monoisotopic (exact) mass is 332 g/mol. The lowest BCUT2D eigenvalue weighted by molar-refractivity contribution is 0.448. The highest BCUT2D eigenvalue weighted by molar-refractivity contribution is 7.71. The molecule has 0 aliphatic carbocycles. The molecule has 0 spiro atoms. The summed E-state index contributed by atoms with van der Waals surface area (Å²) in [6.07, 6.45) is 0. The van der Waals surface area contributed by atoms with E-state index in [1.807, 2.05) is 0 Å². The zero-order chi connectivity index (χ0) is 15.3. The number of para-hydroxylation sites is 1. The molecule has 3 rings (SSSR count). The normalized spacial score (nSPS) is 11.3. The number of aromatic nitrogens is 2. The SMILES string of the molecule is Fc1cc(F)c(F)c(-n2c(=S)[nH]c3c(Cl)cccc32)c1F. The molecule has 3 aromatic rings. The fraction of sp³-hybridized carbons (Fsp3) is 0. The highest BCUT2D eigenvalue weighted by Crippen LogP contribution is 2.29. The molecule has 0 amide bonds. The van der Waals surface area contributed by atoms with E-state index in [9.17, 15) is 17.6 Å². The van der Waals surface area contributed by atoms with E-state index < -0.39 is 29.0 Å². The number of nitrogens with zero attached hydrogens (tertiary/aromatic N) is 1. The van der Waals surface area contributed by atoms with Crippen molar-refractivity contribution in [3.05, 3.63) is 57.3 Å². The molecule has 21 heavy (non-hydrogen) atoms. The topological polar surface area (TPSA) is 20.7 Å². The largest absolute Gasteiger partial charge is 0.329 e. The van der Waals surface area contributed by atoms with Crippen molar-refractivity contribution in [2.75, 3.05) is 0 Å². The molecule has 1 N–H and O–H groups in total. The molecule has 2 aromatic carbocycles. The molecule has 108 valence electrons. The first-order valence-corrected chi connectivity index (χ1v) is 6.43. The van der Waals surface area contributed by atoms with Crippen molar-refractivity contribution in [1.82, 2.24) is 9.55 Å². The van der Waals surface area contributed by atoms with Gasteiger partial charge in [0.15, 0.2) is 28.0 Å². The molecular formula is C13H5ClF4N2S. The van der Waals surface area contributed by atoms with Crippen LogP contribution in [0.15, 0.2) is 24.3 Å². The van der Waals surface area contributed by atoms with Crippen LogP contribution in [0.4, 0.5) is 17.6 Å². The molecule has 1 aromatic heterocycles. The Bertz CT molecular complexity index is 906. The fourth-order valence-corrected chi connectivity index (χ4v) is 2.58. The second kappa shape index (κ2) is 4.85. The molecule has 0 unspecified atom stereocenters. The first-order chi connectivity index (χ1) is 9.91. The van der Waals surface area contributed by atoms with Crippen molar-refractivity contribution < 1.29 is 17.6 Å². The van der Waals surface area contributed by atoms with Gasteiger partial charge < -0.3 is 4.98 Å². The van der Waals surface area contributed by atoms with Crippen molar-refractivity contribution in [3.63, 3.8) is 0 Å². The first kappa shape index (κ1) is 14.1. The van der Waals surface area contributed by atoms with Crippen LogP contribution in [0.3, 0.4) is 0 Å². The van der Waals surface area contributed by atoms with E-state index in [2.05, 4.69) is 4.98 Å². The van der Waals surface area contributed by atoms with Gasteiger partial charge in [0.05, 0.1) is 16.1 Å². The average Bonchev–Trinajstić information content (AvgIpc) is 2.76. The van der Waals surface area contributed by atoms with Crippen LogP contribution in [-0.4, -0.2) is 9.55 Å². The number of fused-ring (bicyclic) bond motifs is 1. The summed E-state index contributed by atoms with van der Waals surface area (Å²) in [7, 11) is 0. The Morgan fingerprint density at radius 1 is 1.05 bits per heavy atom. The van der Waals surface area contributed by atoms with Crippen LogP contribution in [0.5, 0.6) is 0 Å². The Balaban J connectivity index is 2.50. The van der Waals surface area contributed by atoms with Gasteiger partial charge in [-0.05, 0) is 24.4 Å². The van der Waals surface area contributed by atoms with Crippen LogP contribution in [0.25, 0.3) is 16.7 Å². The maximum absolute atomic E-state index is 13.9. The molecule has 0 bridgehead atoms. The van der Waals surface area contributed by atoms with Crippen molar-refractivity contribution >= 4 is 34.9 Å². The van der Waals surface area contributed by atoms with E-state index in [4.69, 9.17) is 23.8 Å². The highest BCUT2D eigenvalue weighted by Gasteiger charge is 2.23. The van der Waals surface area contributed by atoms with Gasteiger partial charge in [-0.25, -0.2) is 17.6 Å². The van der Waals surface area contributed by atoms with Gasteiger partial charge in [-0.3, -0.25) is 4.57 Å². The molecule has 0 aliphatic rings. The zero-order valence-corrected chi connectivity index (χ0v) is 11.6. The van der Waals surface area contributed by atoms with E-state index >= 15 is 0 Å². The third kappa shape index (κ3) is 2.04. The molecule has 0 saturated carbocycles. The van der Waals surface area contributed by atoms with E-state index in [1.165, 1.54) is 12.1 Å². The molecule has 0 fully saturated rings. The van der Waals surface area contributed by atoms with Crippen molar-refractivity contribution in [3.8, 4) is 5.69 Å². The Labute approximate surface area is 125 Å². The average molecular weight is 333 g/mol. The molecule has 2 nitrogen and oxygen atoms in total. The van der Waals surface area contributed by atoms with Gasteiger partial charge in [-0.2, -0.15) is 0 Å². The summed E-state index contributed by atoms with van der Waals surface area (Å²) in [6.45, 7) is 0. The van der Waals surface area contributed by atoms with E-state index in [0.29, 0.717) is 5.52 Å². The Morgan fingerprint density at radius 2 is 1.67 bits per heavy atom. The fourth-order valence-electron chi connectivity index (χ4n) is 2.07. The van der Waals surface area contributed by atoms with Crippen LogP contribution in [-0.2, 0) is 0 Å². The minimum Gasteiger partial charge on any atom is -0.329 e. The Hall–Kier alpha value is -1.86. The number of H-pyrrole nitrogens is 1. The van der Waals surface area contributed by atoms with Crippen LogP contribution >= 0.6 is 23.8 Å². The number of hydrogen-bond donors (Lipinski definition) is 1. The number of aromatic amines is 1. The number of imidazole rings is 1. The Morgan fingerprint density at radius 3 is 2.29 bits per heavy atom. The summed E-state index contributed by atoms with van der Waals surface area (Å²) in [5, 5.41) is 0.259. The van der Waals surface area contributed by atoms with E-state index in [1.54, 1.807) is 6.07 Å². The number of benzene rings is 2. The lowest BCUT2D eigenvalue weighted by atomic mass is 10.2. The van der Waals surface area contributed by atoms with Gasteiger partial charge in [-0.15, -0.1) is 0 Å². The summed E-state index contributed by atoms with van der Waals surface area (Å²) >= 11 is 10.9. The van der Waals surface area contributed by atoms with Gasteiger partial charge >= 0.3 is 0 Å². The van der Waals surface area contributed by atoms with Crippen molar-refractivity contribution in [2.24, 2.45) is 0 Å². The second-order valence-electron chi connectivity index (χ2n) is 4.22. The standard InChI is InChI=1S/C13H5ClF4N2S/c14-5-2-1-3-8-11(5)19-13(21)20(8)12-9(17)6(15)4-7(16)10(12)18/h1-4H,(H,19,21). The lowest BCUT2D eigenvalue weighted by Gasteiger charge is -2.09. The minimum absolute atomic E-state index is 0.138. The molecule has 0 radical (unpaired) electrons. The zero-order valence-electron chi connectivity index (χ0n) is 10.1. The predicted octanol–water partition coefficient (Wildman–Crippen LogP) is 4.90. The van der Waals surface area contributed by atoms with Gasteiger partial charge in [-0.1, -0.05) is 17.7 Å². The van der Waals surface area contributed by atoms with Crippen LogP contribution < -0.4 is 0 Å². The first-order valence-electron chi connectivity index (χ1n) is 5.64. The number of rotatable bonds is 1. The van der Waals surface area contributed by atoms with Crippen molar-refractivity contribution in [1.29, 1.82) is 0 Å². The summed E-state index contributed by atoms with van der Waals surface area (Å²) in [4.78, 5) is 2.65.